The molecule has 1 aliphatic heterocycles. The van der Waals surface area contributed by atoms with E-state index in [-0.39, 0.29) is 6.61 Å². The molecule has 1 aliphatic rings. The van der Waals surface area contributed by atoms with Gasteiger partial charge in [-0.3, -0.25) is 0 Å². The monoisotopic (exact) mass is 216 g/mol. The second-order valence-electron chi connectivity index (χ2n) is 3.54. The Bertz CT molecular complexity index is 449. The minimum Gasteiger partial charge on any atom is -0.396 e. The average molecular weight is 216 g/mol. The third kappa shape index (κ3) is 2.41. The first-order valence-electron chi connectivity index (χ1n) is 5.14. The summed E-state index contributed by atoms with van der Waals surface area (Å²) in [5, 5.41) is 8.85. The van der Waals surface area contributed by atoms with E-state index >= 15 is 0 Å². The van der Waals surface area contributed by atoms with Gasteiger partial charge in [-0.05, 0) is 5.56 Å². The van der Waals surface area contributed by atoms with Gasteiger partial charge in [0.2, 0.25) is 0 Å². The van der Waals surface area contributed by atoms with Crippen molar-refractivity contribution in [2.45, 2.75) is 12.8 Å². The highest BCUT2D eigenvalue weighted by atomic mass is 16.3. The highest BCUT2D eigenvalue weighted by molar-refractivity contribution is 6.48. The molecule has 82 valence electrons. The molecule has 2 amide bonds. The number of hydrogen-bond acceptors (Lipinski definition) is 2. The Morgan fingerprint density at radius 1 is 1.06 bits per heavy atom. The molecule has 0 bridgehead atoms. The van der Waals surface area contributed by atoms with Crippen LogP contribution in [0.25, 0.3) is 0 Å². The van der Waals surface area contributed by atoms with Crippen molar-refractivity contribution in [2.24, 2.45) is 9.98 Å². The maximum absolute atomic E-state index is 11.1. The third-order valence-corrected chi connectivity index (χ3v) is 2.36. The number of aliphatic hydroxyl groups excluding tert-OH is 1. The number of urea groups is 1. The van der Waals surface area contributed by atoms with Crippen LogP contribution in [0.5, 0.6) is 0 Å². The predicted molar refractivity (Wildman–Crippen MR) is 62.1 cm³/mol. The van der Waals surface area contributed by atoms with Crippen molar-refractivity contribution in [3.8, 4) is 0 Å². The summed E-state index contributed by atoms with van der Waals surface area (Å²) in [6.45, 7) is -0.0140. The molecule has 1 heterocycles. The van der Waals surface area contributed by atoms with Crippen LogP contribution < -0.4 is 0 Å². The van der Waals surface area contributed by atoms with E-state index in [9.17, 15) is 4.79 Å². The van der Waals surface area contributed by atoms with Crippen molar-refractivity contribution >= 4 is 17.5 Å². The number of nitrogens with zero attached hydrogens (tertiary/aromatic N) is 2. The fourth-order valence-corrected chi connectivity index (χ4v) is 1.62. The Labute approximate surface area is 93.4 Å². The summed E-state index contributed by atoms with van der Waals surface area (Å²) in [5.74, 6) is 0. The standard InChI is InChI=1S/C12H12N2O2/c15-7-6-10-11(14-12(16)13-10)8-9-4-2-1-3-5-9/h1-5,15H,6-8H2. The van der Waals surface area contributed by atoms with Crippen LogP contribution in [0.1, 0.15) is 12.0 Å². The Balaban J connectivity index is 2.13. The molecule has 0 aromatic heterocycles. The van der Waals surface area contributed by atoms with Crippen LogP contribution in [0.2, 0.25) is 0 Å². The van der Waals surface area contributed by atoms with Crippen LogP contribution >= 0.6 is 0 Å². The molecule has 1 aromatic carbocycles. The first kappa shape index (κ1) is 10.7. The fourth-order valence-electron chi connectivity index (χ4n) is 1.62. The number of aliphatic imine (C=N–C) groups is 2. The molecule has 0 fully saturated rings. The van der Waals surface area contributed by atoms with E-state index in [1.54, 1.807) is 0 Å². The van der Waals surface area contributed by atoms with Gasteiger partial charge in [0, 0.05) is 19.4 Å². The van der Waals surface area contributed by atoms with Crippen LogP contribution in [-0.2, 0) is 6.42 Å². The minimum atomic E-state index is -0.464. The molecule has 0 atom stereocenters. The van der Waals surface area contributed by atoms with Gasteiger partial charge in [0.05, 0.1) is 11.4 Å². The highest BCUT2D eigenvalue weighted by Gasteiger charge is 2.18. The van der Waals surface area contributed by atoms with Crippen molar-refractivity contribution in [3.63, 3.8) is 0 Å². The molecular weight excluding hydrogens is 204 g/mol. The van der Waals surface area contributed by atoms with E-state index in [2.05, 4.69) is 9.98 Å². The largest absolute Gasteiger partial charge is 0.396 e. The lowest BCUT2D eigenvalue weighted by molar-refractivity contribution is 0.257. The molecule has 4 nitrogen and oxygen atoms in total. The maximum Gasteiger partial charge on any atom is 0.367 e. The average Bonchev–Trinajstić information content (AvgIpc) is 2.61. The molecular formula is C12H12N2O2. The molecule has 0 saturated carbocycles. The summed E-state index contributed by atoms with van der Waals surface area (Å²) in [5.41, 5.74) is 2.36. The molecule has 2 rings (SSSR count). The lowest BCUT2D eigenvalue weighted by atomic mass is 10.0. The molecule has 0 aliphatic carbocycles. The highest BCUT2D eigenvalue weighted by Crippen LogP contribution is 2.09. The molecule has 0 saturated heterocycles. The normalized spacial score (nSPS) is 14.9. The summed E-state index contributed by atoms with van der Waals surface area (Å²) in [4.78, 5) is 18.7. The number of benzene rings is 1. The molecule has 16 heavy (non-hydrogen) atoms. The van der Waals surface area contributed by atoms with Gasteiger partial charge in [-0.2, -0.15) is 9.98 Å². The fraction of sp³-hybridized carbons (Fsp3) is 0.250. The van der Waals surface area contributed by atoms with Crippen molar-refractivity contribution in [2.75, 3.05) is 6.61 Å². The molecule has 0 spiro atoms. The van der Waals surface area contributed by atoms with Gasteiger partial charge in [0.25, 0.3) is 0 Å². The van der Waals surface area contributed by atoms with Crippen LogP contribution in [0.15, 0.2) is 40.3 Å². The molecule has 4 heteroatoms. The number of carbonyl (C=O) groups excluding carboxylic acids is 1. The number of hydrogen-bond donors (Lipinski definition) is 1. The zero-order chi connectivity index (χ0) is 11.4. The Hall–Kier alpha value is -1.81. The minimum absolute atomic E-state index is 0.0140. The Morgan fingerprint density at radius 2 is 1.75 bits per heavy atom. The third-order valence-electron chi connectivity index (χ3n) is 2.36. The smallest absolute Gasteiger partial charge is 0.367 e. The zero-order valence-electron chi connectivity index (χ0n) is 8.76. The van der Waals surface area contributed by atoms with E-state index in [1.165, 1.54) is 0 Å². The van der Waals surface area contributed by atoms with Crippen LogP contribution in [0, 0.1) is 0 Å². The number of rotatable bonds is 4. The number of amides is 2. The van der Waals surface area contributed by atoms with Gasteiger partial charge < -0.3 is 5.11 Å². The molecule has 1 aromatic rings. The van der Waals surface area contributed by atoms with E-state index in [0.717, 1.165) is 5.56 Å². The van der Waals surface area contributed by atoms with Crippen molar-refractivity contribution < 1.29 is 9.90 Å². The first-order valence-corrected chi connectivity index (χ1v) is 5.14. The van der Waals surface area contributed by atoms with Gasteiger partial charge in [-0.1, -0.05) is 30.3 Å². The quantitative estimate of drug-likeness (QED) is 0.831. The van der Waals surface area contributed by atoms with Gasteiger partial charge in [-0.15, -0.1) is 0 Å². The van der Waals surface area contributed by atoms with E-state index in [4.69, 9.17) is 5.11 Å². The summed E-state index contributed by atoms with van der Waals surface area (Å²) in [7, 11) is 0. The second kappa shape index (κ2) is 4.81. The number of carbonyl (C=O) groups is 1. The van der Waals surface area contributed by atoms with E-state index in [0.29, 0.717) is 24.3 Å². The molecule has 0 unspecified atom stereocenters. The van der Waals surface area contributed by atoms with E-state index in [1.807, 2.05) is 30.3 Å². The second-order valence-corrected chi connectivity index (χ2v) is 3.54. The zero-order valence-corrected chi connectivity index (χ0v) is 8.76. The van der Waals surface area contributed by atoms with Crippen molar-refractivity contribution in [3.05, 3.63) is 35.9 Å². The van der Waals surface area contributed by atoms with Gasteiger partial charge in [0.1, 0.15) is 0 Å². The topological polar surface area (TPSA) is 62.0 Å². The van der Waals surface area contributed by atoms with Crippen LogP contribution in [0.4, 0.5) is 4.79 Å². The Morgan fingerprint density at radius 3 is 2.44 bits per heavy atom. The van der Waals surface area contributed by atoms with Crippen molar-refractivity contribution in [1.82, 2.24) is 0 Å². The lowest BCUT2D eigenvalue weighted by Crippen LogP contribution is -2.15. The summed E-state index contributed by atoms with van der Waals surface area (Å²) < 4.78 is 0. The van der Waals surface area contributed by atoms with Gasteiger partial charge in [-0.25, -0.2) is 4.79 Å². The summed E-state index contributed by atoms with van der Waals surface area (Å²) >= 11 is 0. The predicted octanol–water partition coefficient (Wildman–Crippen LogP) is 1.63. The summed E-state index contributed by atoms with van der Waals surface area (Å²) in [6.07, 6.45) is 0.975. The van der Waals surface area contributed by atoms with E-state index < -0.39 is 6.03 Å². The molecule has 1 N–H and O–H groups in total. The maximum atomic E-state index is 11.1. The van der Waals surface area contributed by atoms with Crippen molar-refractivity contribution in [1.29, 1.82) is 0 Å². The first-order chi connectivity index (χ1) is 7.79. The number of aliphatic hydroxyl groups is 1. The lowest BCUT2D eigenvalue weighted by Gasteiger charge is -2.03. The van der Waals surface area contributed by atoms with Gasteiger partial charge in [0.15, 0.2) is 0 Å². The van der Waals surface area contributed by atoms with Crippen LogP contribution in [-0.4, -0.2) is 29.2 Å². The van der Waals surface area contributed by atoms with Crippen LogP contribution in [0.3, 0.4) is 0 Å². The van der Waals surface area contributed by atoms with Gasteiger partial charge >= 0.3 is 6.03 Å². The SMILES string of the molecule is O=C1N=C(CCO)C(Cc2ccccc2)=N1. The summed E-state index contributed by atoms with van der Waals surface area (Å²) in [6, 6.07) is 9.30. The molecule has 0 radical (unpaired) electrons. The Kier molecular flexibility index (Phi) is 3.22.